The van der Waals surface area contributed by atoms with E-state index in [4.69, 9.17) is 4.74 Å². The van der Waals surface area contributed by atoms with Gasteiger partial charge < -0.3 is 9.64 Å². The minimum absolute atomic E-state index is 0.0334. The quantitative estimate of drug-likeness (QED) is 0.639. The van der Waals surface area contributed by atoms with Crippen LogP contribution >= 0.6 is 0 Å². The predicted molar refractivity (Wildman–Crippen MR) is 87.7 cm³/mol. The van der Waals surface area contributed by atoms with E-state index in [1.807, 2.05) is 48.7 Å². The number of hydrogen-bond donors (Lipinski definition) is 0. The molecular formula is C19H19NO2. The van der Waals surface area contributed by atoms with Crippen LogP contribution in [0.3, 0.4) is 0 Å². The zero-order valence-corrected chi connectivity index (χ0v) is 12.4. The third-order valence-electron chi connectivity index (χ3n) is 3.76. The van der Waals surface area contributed by atoms with Crippen LogP contribution in [0.1, 0.15) is 10.4 Å². The van der Waals surface area contributed by atoms with Gasteiger partial charge in [-0.1, -0.05) is 54.6 Å². The minimum Gasteiger partial charge on any atom is -0.378 e. The summed E-state index contributed by atoms with van der Waals surface area (Å²) in [5, 5.41) is 0. The fourth-order valence-corrected chi connectivity index (χ4v) is 2.45. The van der Waals surface area contributed by atoms with Crippen LogP contribution in [0.4, 0.5) is 0 Å². The molecule has 0 aliphatic carbocycles. The number of carbonyl (C=O) groups excluding carboxylic acids is 1. The Morgan fingerprint density at radius 3 is 2.23 bits per heavy atom. The molecule has 112 valence electrons. The van der Waals surface area contributed by atoms with Gasteiger partial charge in [0.2, 0.25) is 0 Å². The number of allylic oxidation sites excluding steroid dienone is 1. The highest BCUT2D eigenvalue weighted by atomic mass is 16.5. The number of nitrogens with zero attached hydrogens (tertiary/aromatic N) is 1. The normalized spacial score (nSPS) is 15.2. The molecule has 3 nitrogen and oxygen atoms in total. The topological polar surface area (TPSA) is 29.5 Å². The van der Waals surface area contributed by atoms with Crippen molar-refractivity contribution in [1.29, 1.82) is 0 Å². The van der Waals surface area contributed by atoms with Crippen LogP contribution in [0.5, 0.6) is 0 Å². The van der Waals surface area contributed by atoms with Crippen molar-refractivity contribution >= 4 is 5.78 Å². The van der Waals surface area contributed by atoms with E-state index in [0.717, 1.165) is 37.4 Å². The van der Waals surface area contributed by atoms with Crippen LogP contribution in [-0.4, -0.2) is 37.0 Å². The first-order valence-electron chi connectivity index (χ1n) is 7.53. The molecule has 0 bridgehead atoms. The average Bonchev–Trinajstić information content (AvgIpc) is 2.61. The van der Waals surface area contributed by atoms with Crippen molar-refractivity contribution in [2.45, 2.75) is 0 Å². The number of rotatable bonds is 4. The highest BCUT2D eigenvalue weighted by Gasteiger charge is 2.07. The molecule has 0 N–H and O–H groups in total. The number of ether oxygens (including phenoxy) is 1. The van der Waals surface area contributed by atoms with Crippen LogP contribution in [0.25, 0.3) is 11.1 Å². The van der Waals surface area contributed by atoms with Crippen molar-refractivity contribution in [3.05, 3.63) is 72.4 Å². The van der Waals surface area contributed by atoms with E-state index in [1.165, 1.54) is 0 Å². The van der Waals surface area contributed by atoms with Crippen molar-refractivity contribution in [2.75, 3.05) is 26.3 Å². The van der Waals surface area contributed by atoms with E-state index in [0.29, 0.717) is 5.56 Å². The maximum absolute atomic E-state index is 12.2. The molecule has 0 atom stereocenters. The van der Waals surface area contributed by atoms with Crippen molar-refractivity contribution in [1.82, 2.24) is 4.90 Å². The molecule has 2 aromatic carbocycles. The molecule has 0 spiro atoms. The molecule has 0 aromatic heterocycles. The van der Waals surface area contributed by atoms with E-state index < -0.39 is 0 Å². The second kappa shape index (κ2) is 7.05. The molecule has 1 heterocycles. The number of ketones is 1. The van der Waals surface area contributed by atoms with Crippen LogP contribution in [0.2, 0.25) is 0 Å². The van der Waals surface area contributed by atoms with Crippen molar-refractivity contribution in [3.63, 3.8) is 0 Å². The molecule has 1 aliphatic heterocycles. The standard InChI is InChI=1S/C19H19NO2/c21-19(10-11-20-12-14-22-15-13-20)18-8-6-17(7-9-18)16-4-2-1-3-5-16/h1-11H,12-15H2/b11-10-. The van der Waals surface area contributed by atoms with Gasteiger partial charge in [-0.3, -0.25) is 4.79 Å². The zero-order valence-electron chi connectivity index (χ0n) is 12.4. The van der Waals surface area contributed by atoms with Gasteiger partial charge in [-0.15, -0.1) is 0 Å². The predicted octanol–water partition coefficient (Wildman–Crippen LogP) is 3.38. The summed E-state index contributed by atoms with van der Waals surface area (Å²) in [7, 11) is 0. The summed E-state index contributed by atoms with van der Waals surface area (Å²) in [5.41, 5.74) is 2.99. The highest BCUT2D eigenvalue weighted by molar-refractivity contribution is 6.04. The molecule has 1 aliphatic rings. The Balaban J connectivity index is 1.67. The molecule has 0 amide bonds. The lowest BCUT2D eigenvalue weighted by atomic mass is 10.0. The number of benzene rings is 2. The molecule has 2 aromatic rings. The molecule has 22 heavy (non-hydrogen) atoms. The van der Waals surface area contributed by atoms with Crippen LogP contribution in [0.15, 0.2) is 66.9 Å². The first kappa shape index (κ1) is 14.5. The van der Waals surface area contributed by atoms with E-state index in [9.17, 15) is 4.79 Å². The number of carbonyl (C=O) groups is 1. The fourth-order valence-electron chi connectivity index (χ4n) is 2.45. The van der Waals surface area contributed by atoms with E-state index in [2.05, 4.69) is 17.0 Å². The van der Waals surface area contributed by atoms with Gasteiger partial charge in [-0.05, 0) is 11.1 Å². The second-order valence-electron chi connectivity index (χ2n) is 5.27. The third kappa shape index (κ3) is 3.62. The maximum Gasteiger partial charge on any atom is 0.187 e. The summed E-state index contributed by atoms with van der Waals surface area (Å²) in [4.78, 5) is 14.3. The summed E-state index contributed by atoms with van der Waals surface area (Å²) in [6.07, 6.45) is 3.51. The molecular weight excluding hydrogens is 274 g/mol. The lowest BCUT2D eigenvalue weighted by molar-refractivity contribution is 0.0591. The van der Waals surface area contributed by atoms with Gasteiger partial charge >= 0.3 is 0 Å². The Bertz CT molecular complexity index is 641. The van der Waals surface area contributed by atoms with Gasteiger partial charge in [0.25, 0.3) is 0 Å². The largest absolute Gasteiger partial charge is 0.378 e. The Labute approximate surface area is 130 Å². The molecule has 0 radical (unpaired) electrons. The van der Waals surface area contributed by atoms with Crippen molar-refractivity contribution < 1.29 is 9.53 Å². The van der Waals surface area contributed by atoms with Crippen LogP contribution < -0.4 is 0 Å². The lowest BCUT2D eigenvalue weighted by Crippen LogP contribution is -2.32. The van der Waals surface area contributed by atoms with E-state index in [1.54, 1.807) is 6.08 Å². The van der Waals surface area contributed by atoms with Gasteiger partial charge in [0.05, 0.1) is 13.2 Å². The Morgan fingerprint density at radius 1 is 0.909 bits per heavy atom. The summed E-state index contributed by atoms with van der Waals surface area (Å²) in [6, 6.07) is 17.9. The molecule has 1 saturated heterocycles. The van der Waals surface area contributed by atoms with Crippen molar-refractivity contribution in [2.24, 2.45) is 0 Å². The van der Waals surface area contributed by atoms with Gasteiger partial charge in [0.15, 0.2) is 5.78 Å². The van der Waals surface area contributed by atoms with Gasteiger partial charge in [-0.25, -0.2) is 0 Å². The smallest absolute Gasteiger partial charge is 0.187 e. The Hall–Kier alpha value is -2.39. The third-order valence-corrected chi connectivity index (χ3v) is 3.76. The number of hydrogen-bond acceptors (Lipinski definition) is 3. The van der Waals surface area contributed by atoms with Crippen molar-refractivity contribution in [3.8, 4) is 11.1 Å². The SMILES string of the molecule is O=C(/C=C\N1CCOCC1)c1ccc(-c2ccccc2)cc1. The summed E-state index contributed by atoms with van der Waals surface area (Å²) in [6.45, 7) is 3.14. The first-order valence-corrected chi connectivity index (χ1v) is 7.53. The Morgan fingerprint density at radius 2 is 1.55 bits per heavy atom. The molecule has 3 heteroatoms. The summed E-state index contributed by atoms with van der Waals surface area (Å²) < 4.78 is 5.29. The van der Waals surface area contributed by atoms with Crippen LogP contribution in [0, 0.1) is 0 Å². The van der Waals surface area contributed by atoms with Gasteiger partial charge in [0.1, 0.15) is 0 Å². The summed E-state index contributed by atoms with van der Waals surface area (Å²) >= 11 is 0. The maximum atomic E-state index is 12.2. The molecule has 0 saturated carbocycles. The van der Waals surface area contributed by atoms with Gasteiger partial charge in [0, 0.05) is 30.9 Å². The number of morpholine rings is 1. The average molecular weight is 293 g/mol. The first-order chi connectivity index (χ1) is 10.8. The van der Waals surface area contributed by atoms with Crippen LogP contribution in [-0.2, 0) is 4.74 Å². The molecule has 0 unspecified atom stereocenters. The highest BCUT2D eigenvalue weighted by Crippen LogP contribution is 2.19. The zero-order chi connectivity index (χ0) is 15.2. The summed E-state index contributed by atoms with van der Waals surface area (Å²) in [5.74, 6) is 0.0334. The molecule has 1 fully saturated rings. The monoisotopic (exact) mass is 293 g/mol. The second-order valence-corrected chi connectivity index (χ2v) is 5.27. The minimum atomic E-state index is 0.0334. The van der Waals surface area contributed by atoms with E-state index in [-0.39, 0.29) is 5.78 Å². The Kier molecular flexibility index (Phi) is 4.66. The fraction of sp³-hybridized carbons (Fsp3) is 0.211. The van der Waals surface area contributed by atoms with E-state index >= 15 is 0 Å². The van der Waals surface area contributed by atoms with Gasteiger partial charge in [-0.2, -0.15) is 0 Å². The molecule has 3 rings (SSSR count). The lowest BCUT2D eigenvalue weighted by Gasteiger charge is -2.24.